The standard InChI is InChI=1S/C26H19FN2O5/c1-33-17-11-12-19(21(13-17)34-2)24(30)22-23(18-5-3-4-6-20(18)27)29(26(32)25(22)31)16-9-7-15(14-28)8-10-16/h3-13,23,30H,1-2H3/b24-22+. The van der Waals surface area contributed by atoms with Gasteiger partial charge in [-0.1, -0.05) is 18.2 Å². The maximum atomic E-state index is 14.9. The highest BCUT2D eigenvalue weighted by molar-refractivity contribution is 6.51. The van der Waals surface area contributed by atoms with Crippen LogP contribution >= 0.6 is 0 Å². The summed E-state index contributed by atoms with van der Waals surface area (Å²) in [5.41, 5.74) is 0.506. The van der Waals surface area contributed by atoms with Crippen molar-refractivity contribution in [1.29, 1.82) is 5.26 Å². The van der Waals surface area contributed by atoms with Crippen LogP contribution in [0.5, 0.6) is 11.5 Å². The number of nitriles is 1. The molecule has 0 aromatic heterocycles. The minimum absolute atomic E-state index is 0.0279. The van der Waals surface area contributed by atoms with Gasteiger partial charge in [-0.2, -0.15) is 5.26 Å². The second-order valence-electron chi connectivity index (χ2n) is 7.42. The van der Waals surface area contributed by atoms with E-state index in [9.17, 15) is 19.1 Å². The van der Waals surface area contributed by atoms with Gasteiger partial charge in [-0.3, -0.25) is 14.5 Å². The Labute approximate surface area is 194 Å². The number of hydrogen-bond acceptors (Lipinski definition) is 6. The maximum Gasteiger partial charge on any atom is 0.300 e. The van der Waals surface area contributed by atoms with E-state index in [4.69, 9.17) is 14.7 Å². The van der Waals surface area contributed by atoms with E-state index in [0.29, 0.717) is 11.3 Å². The molecule has 34 heavy (non-hydrogen) atoms. The van der Waals surface area contributed by atoms with Gasteiger partial charge in [0.05, 0.1) is 43.0 Å². The number of carbonyl (C=O) groups excluding carboxylic acids is 2. The molecule has 1 N–H and O–H groups in total. The van der Waals surface area contributed by atoms with Gasteiger partial charge in [0.15, 0.2) is 0 Å². The van der Waals surface area contributed by atoms with Crippen LogP contribution in [0.3, 0.4) is 0 Å². The lowest BCUT2D eigenvalue weighted by Gasteiger charge is -2.26. The number of ether oxygens (including phenoxy) is 2. The van der Waals surface area contributed by atoms with Gasteiger partial charge < -0.3 is 14.6 Å². The molecule has 3 aromatic carbocycles. The lowest BCUT2D eigenvalue weighted by molar-refractivity contribution is -0.132. The van der Waals surface area contributed by atoms with Gasteiger partial charge in [0.25, 0.3) is 11.7 Å². The quantitative estimate of drug-likeness (QED) is 0.347. The number of rotatable bonds is 5. The average Bonchev–Trinajstić information content (AvgIpc) is 3.13. The van der Waals surface area contributed by atoms with Gasteiger partial charge in [-0.05, 0) is 42.5 Å². The molecule has 3 aromatic rings. The zero-order valence-corrected chi connectivity index (χ0v) is 18.3. The van der Waals surface area contributed by atoms with Crippen molar-refractivity contribution in [3.8, 4) is 17.6 Å². The number of aliphatic hydroxyl groups excluding tert-OH is 1. The Morgan fingerprint density at radius 1 is 1.03 bits per heavy atom. The molecule has 0 aliphatic carbocycles. The van der Waals surface area contributed by atoms with Crippen LogP contribution < -0.4 is 14.4 Å². The second-order valence-corrected chi connectivity index (χ2v) is 7.42. The largest absolute Gasteiger partial charge is 0.507 e. The predicted octanol–water partition coefficient (Wildman–Crippen LogP) is 4.34. The molecule has 1 amide bonds. The SMILES string of the molecule is COc1ccc(/C(O)=C2\C(=O)C(=O)N(c3ccc(C#N)cc3)C2c2ccccc2F)c(OC)c1. The number of nitrogens with zero attached hydrogens (tertiary/aromatic N) is 2. The second kappa shape index (κ2) is 9.08. The molecule has 1 saturated heterocycles. The molecule has 0 bridgehead atoms. The van der Waals surface area contributed by atoms with Crippen molar-refractivity contribution >= 4 is 23.1 Å². The maximum absolute atomic E-state index is 14.9. The normalized spacial score (nSPS) is 16.9. The van der Waals surface area contributed by atoms with Crippen LogP contribution in [-0.2, 0) is 9.59 Å². The third kappa shape index (κ3) is 3.73. The van der Waals surface area contributed by atoms with Crippen molar-refractivity contribution in [1.82, 2.24) is 0 Å². The van der Waals surface area contributed by atoms with E-state index < -0.39 is 29.3 Å². The Morgan fingerprint density at radius 2 is 1.74 bits per heavy atom. The average molecular weight is 458 g/mol. The first-order valence-corrected chi connectivity index (χ1v) is 10.2. The van der Waals surface area contributed by atoms with E-state index in [-0.39, 0.29) is 28.1 Å². The Kier molecular flexibility index (Phi) is 6.02. The number of anilines is 1. The number of benzene rings is 3. The smallest absolute Gasteiger partial charge is 0.300 e. The summed E-state index contributed by atoms with van der Waals surface area (Å²) < 4.78 is 25.5. The minimum Gasteiger partial charge on any atom is -0.507 e. The first-order valence-electron chi connectivity index (χ1n) is 10.2. The molecular formula is C26H19FN2O5. The first kappa shape index (κ1) is 22.6. The molecule has 0 radical (unpaired) electrons. The molecule has 0 saturated carbocycles. The number of amides is 1. The van der Waals surface area contributed by atoms with Crippen LogP contribution in [0.15, 0.2) is 72.3 Å². The summed E-state index contributed by atoms with van der Waals surface area (Å²) in [6, 6.07) is 17.0. The number of Topliss-reactive ketones (excluding diaryl/α,β-unsaturated/α-hetero) is 1. The molecule has 1 fully saturated rings. The van der Waals surface area contributed by atoms with E-state index in [0.717, 1.165) is 4.90 Å². The summed E-state index contributed by atoms with van der Waals surface area (Å²) in [4.78, 5) is 27.5. The highest BCUT2D eigenvalue weighted by Crippen LogP contribution is 2.44. The zero-order valence-electron chi connectivity index (χ0n) is 18.3. The molecule has 8 heteroatoms. The van der Waals surface area contributed by atoms with E-state index in [1.165, 1.54) is 68.8 Å². The molecule has 4 rings (SSSR count). The Bertz CT molecular complexity index is 1360. The third-order valence-corrected chi connectivity index (χ3v) is 5.58. The summed E-state index contributed by atoms with van der Waals surface area (Å²) in [5, 5.41) is 20.3. The van der Waals surface area contributed by atoms with E-state index in [1.54, 1.807) is 12.1 Å². The molecular weight excluding hydrogens is 439 g/mol. The summed E-state index contributed by atoms with van der Waals surface area (Å²) >= 11 is 0. The number of aliphatic hydroxyl groups is 1. The highest BCUT2D eigenvalue weighted by Gasteiger charge is 2.48. The zero-order chi connectivity index (χ0) is 24.4. The molecule has 1 aliphatic rings. The van der Waals surface area contributed by atoms with Gasteiger partial charge in [0.2, 0.25) is 0 Å². The van der Waals surface area contributed by atoms with Gasteiger partial charge in [-0.25, -0.2) is 4.39 Å². The number of hydrogen-bond donors (Lipinski definition) is 1. The molecule has 170 valence electrons. The van der Waals surface area contributed by atoms with E-state index in [2.05, 4.69) is 0 Å². The fourth-order valence-electron chi connectivity index (χ4n) is 3.93. The first-order chi connectivity index (χ1) is 16.4. The highest BCUT2D eigenvalue weighted by atomic mass is 19.1. The lowest BCUT2D eigenvalue weighted by Crippen LogP contribution is -2.29. The molecule has 1 aliphatic heterocycles. The summed E-state index contributed by atoms with van der Waals surface area (Å²) in [6.07, 6.45) is 0. The Morgan fingerprint density at radius 3 is 2.35 bits per heavy atom. The number of ketones is 1. The predicted molar refractivity (Wildman–Crippen MR) is 122 cm³/mol. The van der Waals surface area contributed by atoms with Crippen LogP contribution in [-0.4, -0.2) is 31.0 Å². The number of carbonyl (C=O) groups is 2. The summed E-state index contributed by atoms with van der Waals surface area (Å²) in [5.74, 6) is -2.42. The molecule has 7 nitrogen and oxygen atoms in total. The fraction of sp³-hybridized carbons (Fsp3) is 0.115. The van der Waals surface area contributed by atoms with Gasteiger partial charge in [0, 0.05) is 17.3 Å². The third-order valence-electron chi connectivity index (χ3n) is 5.58. The van der Waals surface area contributed by atoms with Crippen LogP contribution in [0.2, 0.25) is 0 Å². The summed E-state index contributed by atoms with van der Waals surface area (Å²) in [6.45, 7) is 0. The molecule has 0 spiro atoms. The molecule has 1 heterocycles. The van der Waals surface area contributed by atoms with Crippen LogP contribution in [0.4, 0.5) is 10.1 Å². The summed E-state index contributed by atoms with van der Waals surface area (Å²) in [7, 11) is 2.85. The lowest BCUT2D eigenvalue weighted by atomic mass is 9.94. The van der Waals surface area contributed by atoms with Crippen molar-refractivity contribution in [2.24, 2.45) is 0 Å². The van der Waals surface area contributed by atoms with Gasteiger partial charge in [-0.15, -0.1) is 0 Å². The number of methoxy groups -OCH3 is 2. The topological polar surface area (TPSA) is 99.9 Å². The van der Waals surface area contributed by atoms with Crippen LogP contribution in [0.25, 0.3) is 5.76 Å². The van der Waals surface area contributed by atoms with Gasteiger partial charge >= 0.3 is 0 Å². The van der Waals surface area contributed by atoms with Crippen molar-refractivity contribution in [3.05, 3.63) is 94.8 Å². The van der Waals surface area contributed by atoms with E-state index >= 15 is 0 Å². The van der Waals surface area contributed by atoms with Crippen molar-refractivity contribution in [2.45, 2.75) is 6.04 Å². The minimum atomic E-state index is -1.25. The van der Waals surface area contributed by atoms with Crippen LogP contribution in [0, 0.1) is 17.1 Å². The number of halogens is 1. The molecule has 1 unspecified atom stereocenters. The van der Waals surface area contributed by atoms with Crippen LogP contribution in [0.1, 0.15) is 22.7 Å². The monoisotopic (exact) mass is 458 g/mol. The fourth-order valence-corrected chi connectivity index (χ4v) is 3.93. The Hall–Kier alpha value is -4.64. The van der Waals surface area contributed by atoms with Crippen molar-refractivity contribution in [3.63, 3.8) is 0 Å². The van der Waals surface area contributed by atoms with E-state index in [1.807, 2.05) is 6.07 Å². The molecule has 1 atom stereocenters. The Balaban J connectivity index is 1.97. The van der Waals surface area contributed by atoms with Crippen molar-refractivity contribution < 1.29 is 28.6 Å². The van der Waals surface area contributed by atoms with Gasteiger partial charge in [0.1, 0.15) is 23.1 Å². The van der Waals surface area contributed by atoms with Crippen molar-refractivity contribution in [2.75, 3.05) is 19.1 Å².